The highest BCUT2D eigenvalue weighted by Crippen LogP contribution is 2.15. The first-order chi connectivity index (χ1) is 12.4. The maximum absolute atomic E-state index is 12.5. The molecule has 0 unspecified atom stereocenters. The monoisotopic (exact) mass is 377 g/mol. The molecule has 0 atom stereocenters. The van der Waals surface area contributed by atoms with Crippen LogP contribution in [0.25, 0.3) is 0 Å². The lowest BCUT2D eigenvalue weighted by molar-refractivity contribution is -0.392. The molecule has 1 amide bonds. The smallest absolute Gasteiger partial charge is 0.345 e. The van der Waals surface area contributed by atoms with Crippen LogP contribution in [0.1, 0.15) is 11.3 Å². The van der Waals surface area contributed by atoms with Crippen LogP contribution in [0, 0.1) is 17.0 Å². The number of aryl methyl sites for hydroxylation is 1. The summed E-state index contributed by atoms with van der Waals surface area (Å²) < 4.78 is 1.16. The van der Waals surface area contributed by atoms with Crippen LogP contribution in [0.4, 0.5) is 5.82 Å². The Labute approximate surface area is 156 Å². The van der Waals surface area contributed by atoms with E-state index in [0.717, 1.165) is 24.3 Å². The largest absolute Gasteiger partial charge is 0.358 e. The molecule has 1 aromatic carbocycles. The molecule has 1 fully saturated rings. The van der Waals surface area contributed by atoms with E-state index in [2.05, 4.69) is 10.00 Å². The van der Waals surface area contributed by atoms with E-state index >= 15 is 0 Å². The zero-order valence-corrected chi connectivity index (χ0v) is 15.2. The summed E-state index contributed by atoms with van der Waals surface area (Å²) in [4.78, 5) is 27.0. The molecular weight excluding hydrogens is 358 g/mol. The third-order valence-corrected chi connectivity index (χ3v) is 4.65. The standard InChI is InChI=1S/C17H20ClN5O3/c1-13-10-16(23(25)26)22(19-13)12-17(24)21-8-6-20(7-9-21)11-14-2-4-15(18)5-3-14/h2-5,10H,6-9,11-12H2,1H3. The first kappa shape index (κ1) is 18.3. The number of amides is 1. The van der Waals surface area contributed by atoms with Crippen molar-refractivity contribution < 1.29 is 9.72 Å². The number of aromatic nitrogens is 2. The third kappa shape index (κ3) is 4.39. The number of benzene rings is 1. The van der Waals surface area contributed by atoms with Crippen LogP contribution in [0.3, 0.4) is 0 Å². The molecule has 0 N–H and O–H groups in total. The molecule has 2 heterocycles. The molecule has 8 nitrogen and oxygen atoms in total. The van der Waals surface area contributed by atoms with E-state index in [9.17, 15) is 14.9 Å². The van der Waals surface area contributed by atoms with Gasteiger partial charge >= 0.3 is 5.82 Å². The fraction of sp³-hybridized carbons (Fsp3) is 0.412. The summed E-state index contributed by atoms with van der Waals surface area (Å²) in [5, 5.41) is 15.8. The highest BCUT2D eigenvalue weighted by Gasteiger charge is 2.25. The lowest BCUT2D eigenvalue weighted by Crippen LogP contribution is -2.49. The van der Waals surface area contributed by atoms with Gasteiger partial charge in [-0.05, 0) is 29.5 Å². The predicted molar refractivity (Wildman–Crippen MR) is 96.9 cm³/mol. The number of hydrogen-bond donors (Lipinski definition) is 0. The Bertz CT molecular complexity index is 797. The van der Waals surface area contributed by atoms with Gasteiger partial charge in [0.15, 0.2) is 6.54 Å². The van der Waals surface area contributed by atoms with Crippen molar-refractivity contribution in [1.82, 2.24) is 19.6 Å². The fourth-order valence-corrected chi connectivity index (χ4v) is 3.15. The van der Waals surface area contributed by atoms with Crippen LogP contribution in [0.2, 0.25) is 5.02 Å². The molecule has 1 aromatic heterocycles. The second-order valence-corrected chi connectivity index (χ2v) is 6.78. The molecule has 0 bridgehead atoms. The highest BCUT2D eigenvalue weighted by molar-refractivity contribution is 6.30. The first-order valence-corrected chi connectivity index (χ1v) is 8.73. The highest BCUT2D eigenvalue weighted by atomic mass is 35.5. The van der Waals surface area contributed by atoms with Crippen molar-refractivity contribution in [3.05, 3.63) is 56.7 Å². The summed E-state index contributed by atoms with van der Waals surface area (Å²) in [6.45, 7) is 5.08. The van der Waals surface area contributed by atoms with E-state index in [-0.39, 0.29) is 18.3 Å². The Morgan fingerprint density at radius 2 is 1.88 bits per heavy atom. The molecule has 26 heavy (non-hydrogen) atoms. The van der Waals surface area contributed by atoms with Crippen LogP contribution < -0.4 is 0 Å². The van der Waals surface area contributed by atoms with Crippen LogP contribution in [-0.2, 0) is 17.9 Å². The minimum absolute atomic E-state index is 0.110. The van der Waals surface area contributed by atoms with Gasteiger partial charge in [-0.25, -0.2) is 0 Å². The van der Waals surface area contributed by atoms with Gasteiger partial charge in [0, 0.05) is 37.7 Å². The average Bonchev–Trinajstić information content (AvgIpc) is 2.98. The van der Waals surface area contributed by atoms with E-state index in [1.54, 1.807) is 11.8 Å². The van der Waals surface area contributed by atoms with Crippen molar-refractivity contribution in [2.45, 2.75) is 20.0 Å². The summed E-state index contributed by atoms with van der Waals surface area (Å²) in [5.74, 6) is -0.306. The van der Waals surface area contributed by atoms with Gasteiger partial charge in [-0.2, -0.15) is 0 Å². The maximum atomic E-state index is 12.5. The molecule has 0 aliphatic carbocycles. The molecular formula is C17H20ClN5O3. The Hall–Kier alpha value is -2.45. The van der Waals surface area contributed by atoms with E-state index in [1.807, 2.05) is 24.3 Å². The Balaban J connectivity index is 1.53. The van der Waals surface area contributed by atoms with Crippen molar-refractivity contribution in [1.29, 1.82) is 0 Å². The van der Waals surface area contributed by atoms with Gasteiger partial charge < -0.3 is 15.0 Å². The van der Waals surface area contributed by atoms with Gasteiger partial charge in [-0.15, -0.1) is 4.68 Å². The molecule has 3 rings (SSSR count). The number of piperazine rings is 1. The minimum atomic E-state index is -0.517. The molecule has 1 saturated heterocycles. The lowest BCUT2D eigenvalue weighted by Gasteiger charge is -2.34. The third-order valence-electron chi connectivity index (χ3n) is 4.40. The molecule has 0 saturated carbocycles. The van der Waals surface area contributed by atoms with Crippen LogP contribution in [0.15, 0.2) is 30.3 Å². The van der Waals surface area contributed by atoms with Crippen molar-refractivity contribution in [2.75, 3.05) is 26.2 Å². The Morgan fingerprint density at radius 1 is 1.23 bits per heavy atom. The SMILES string of the molecule is Cc1cc([N+](=O)[O-])n(CC(=O)N2CCN(Cc3ccc(Cl)cc3)CC2)n1. The summed E-state index contributed by atoms with van der Waals surface area (Å²) >= 11 is 5.90. The van der Waals surface area contributed by atoms with Crippen LogP contribution >= 0.6 is 11.6 Å². The van der Waals surface area contributed by atoms with Crippen molar-refractivity contribution in [3.8, 4) is 0 Å². The van der Waals surface area contributed by atoms with E-state index < -0.39 is 4.92 Å². The van der Waals surface area contributed by atoms with Gasteiger partial charge in [0.05, 0.1) is 11.8 Å². The first-order valence-electron chi connectivity index (χ1n) is 8.36. The van der Waals surface area contributed by atoms with Crippen molar-refractivity contribution >= 4 is 23.3 Å². The molecule has 2 aromatic rings. The van der Waals surface area contributed by atoms with E-state index in [0.29, 0.717) is 23.8 Å². The van der Waals surface area contributed by atoms with Gasteiger partial charge in [0.1, 0.15) is 0 Å². The molecule has 0 spiro atoms. The van der Waals surface area contributed by atoms with Gasteiger partial charge in [0.2, 0.25) is 0 Å². The number of rotatable bonds is 5. The van der Waals surface area contributed by atoms with E-state index in [1.165, 1.54) is 11.6 Å². The summed E-state index contributed by atoms with van der Waals surface area (Å²) in [5.41, 5.74) is 1.70. The second-order valence-electron chi connectivity index (χ2n) is 6.34. The molecule has 9 heteroatoms. The minimum Gasteiger partial charge on any atom is -0.358 e. The molecule has 0 radical (unpaired) electrons. The van der Waals surface area contributed by atoms with Gasteiger partial charge in [-0.3, -0.25) is 9.69 Å². The molecule has 138 valence electrons. The predicted octanol–water partition coefficient (Wildman–Crippen LogP) is 2.10. The number of nitrogens with zero attached hydrogens (tertiary/aromatic N) is 5. The second kappa shape index (κ2) is 7.84. The zero-order chi connectivity index (χ0) is 18.7. The summed E-state index contributed by atoms with van der Waals surface area (Å²) in [7, 11) is 0. The van der Waals surface area contributed by atoms with Crippen LogP contribution in [-0.4, -0.2) is 56.6 Å². The molecule has 1 aliphatic heterocycles. The normalized spacial score (nSPS) is 15.2. The quantitative estimate of drug-likeness (QED) is 0.588. The Kier molecular flexibility index (Phi) is 5.53. The summed E-state index contributed by atoms with van der Waals surface area (Å²) in [6.07, 6.45) is 0. The topological polar surface area (TPSA) is 84.5 Å². The lowest BCUT2D eigenvalue weighted by atomic mass is 10.2. The Morgan fingerprint density at radius 3 is 2.50 bits per heavy atom. The van der Waals surface area contributed by atoms with Gasteiger partial charge in [-0.1, -0.05) is 28.8 Å². The van der Waals surface area contributed by atoms with Crippen LogP contribution in [0.5, 0.6) is 0 Å². The number of carbonyl (C=O) groups is 1. The molecule has 1 aliphatic rings. The number of nitro groups is 1. The number of hydrogen-bond acceptors (Lipinski definition) is 5. The van der Waals surface area contributed by atoms with Gasteiger partial charge in [0.25, 0.3) is 5.91 Å². The summed E-state index contributed by atoms with van der Waals surface area (Å²) in [6, 6.07) is 9.11. The fourth-order valence-electron chi connectivity index (χ4n) is 3.03. The average molecular weight is 378 g/mol. The maximum Gasteiger partial charge on any atom is 0.345 e. The number of carbonyl (C=O) groups excluding carboxylic acids is 1. The number of halogens is 1. The van der Waals surface area contributed by atoms with E-state index in [4.69, 9.17) is 11.6 Å². The van der Waals surface area contributed by atoms with Crippen molar-refractivity contribution in [3.63, 3.8) is 0 Å². The van der Waals surface area contributed by atoms with Crippen molar-refractivity contribution in [2.24, 2.45) is 0 Å². The zero-order valence-electron chi connectivity index (χ0n) is 14.5.